The molecule has 0 saturated carbocycles. The zero-order valence-electron chi connectivity index (χ0n) is 13.2. The molecule has 7 heteroatoms. The Hall–Kier alpha value is -2.44. The lowest BCUT2D eigenvalue weighted by atomic mass is 9.98. The first kappa shape index (κ1) is 16.4. The highest BCUT2D eigenvalue weighted by Gasteiger charge is 2.24. The minimum atomic E-state index is -2.94. The number of amides is 1. The summed E-state index contributed by atoms with van der Waals surface area (Å²) >= 11 is 0. The number of ketones is 1. The number of nitrogens with one attached hydrogen (secondary N) is 2. The predicted molar refractivity (Wildman–Crippen MR) is 84.8 cm³/mol. The van der Waals surface area contributed by atoms with Gasteiger partial charge in [0.05, 0.1) is 6.61 Å². The first-order valence-electron chi connectivity index (χ1n) is 7.85. The van der Waals surface area contributed by atoms with E-state index in [-0.39, 0.29) is 18.7 Å². The van der Waals surface area contributed by atoms with Crippen LogP contribution in [0.4, 0.5) is 8.78 Å². The molecule has 128 valence electrons. The van der Waals surface area contributed by atoms with Crippen LogP contribution in [0.2, 0.25) is 0 Å². The first-order valence-corrected chi connectivity index (χ1v) is 7.85. The molecule has 0 atom stereocenters. The predicted octanol–water partition coefficient (Wildman–Crippen LogP) is 2.62. The molecule has 1 aromatic heterocycles. The molecule has 2 aromatic rings. The maximum Gasteiger partial charge on any atom is 0.295 e. The number of benzene rings is 1. The number of ether oxygens (including phenoxy) is 1. The van der Waals surface area contributed by atoms with Crippen LogP contribution in [0.5, 0.6) is 5.75 Å². The molecule has 1 aliphatic heterocycles. The number of carbonyl (C=O) groups excluding carboxylic acids is 2. The van der Waals surface area contributed by atoms with E-state index in [9.17, 15) is 18.4 Å². The van der Waals surface area contributed by atoms with Gasteiger partial charge in [0.2, 0.25) is 0 Å². The van der Waals surface area contributed by atoms with Gasteiger partial charge in [0.25, 0.3) is 12.3 Å². The van der Waals surface area contributed by atoms with E-state index in [1.165, 1.54) is 7.05 Å². The number of fused-ring (bicyclic) bond motifs is 3. The molecule has 0 radical (unpaired) electrons. The minimum absolute atomic E-state index is 0.205. The number of halogens is 2. The first-order chi connectivity index (χ1) is 11.5. The van der Waals surface area contributed by atoms with Crippen molar-refractivity contribution in [1.29, 1.82) is 0 Å². The average Bonchev–Trinajstić information content (AvgIpc) is 3.17. The molecular formula is C17H18F2N2O3. The molecule has 0 saturated heterocycles. The van der Waals surface area contributed by atoms with Crippen LogP contribution in [-0.2, 0) is 17.6 Å². The van der Waals surface area contributed by atoms with Crippen LogP contribution in [0.25, 0.3) is 10.9 Å². The summed E-state index contributed by atoms with van der Waals surface area (Å²) in [5.74, 6) is -0.547. The van der Waals surface area contributed by atoms with Gasteiger partial charge >= 0.3 is 0 Å². The molecule has 1 amide bonds. The number of hydrogen-bond acceptors (Lipinski definition) is 3. The molecule has 2 N–H and O–H groups in total. The highest BCUT2D eigenvalue weighted by molar-refractivity contribution is 6.02. The lowest BCUT2D eigenvalue weighted by Gasteiger charge is -2.06. The van der Waals surface area contributed by atoms with Gasteiger partial charge in [-0.25, -0.2) is 8.78 Å². The Balaban J connectivity index is 1.98. The molecule has 0 aliphatic carbocycles. The van der Waals surface area contributed by atoms with Gasteiger partial charge in [0.15, 0.2) is 5.78 Å². The second kappa shape index (κ2) is 6.59. The molecule has 1 aromatic carbocycles. The molecule has 0 spiro atoms. The molecular weight excluding hydrogens is 318 g/mol. The smallest absolute Gasteiger partial charge is 0.295 e. The van der Waals surface area contributed by atoms with Gasteiger partial charge in [-0.05, 0) is 30.5 Å². The summed E-state index contributed by atoms with van der Waals surface area (Å²) in [6.07, 6.45) is -1.77. The van der Waals surface area contributed by atoms with Crippen molar-refractivity contribution in [3.63, 3.8) is 0 Å². The summed E-state index contributed by atoms with van der Waals surface area (Å²) < 4.78 is 30.3. The topological polar surface area (TPSA) is 71.2 Å². The molecule has 5 nitrogen and oxygen atoms in total. The summed E-state index contributed by atoms with van der Waals surface area (Å²) in [4.78, 5) is 26.4. The van der Waals surface area contributed by atoms with Gasteiger partial charge < -0.3 is 15.0 Å². The van der Waals surface area contributed by atoms with E-state index in [1.807, 2.05) is 12.1 Å². The van der Waals surface area contributed by atoms with Crippen molar-refractivity contribution in [3.8, 4) is 5.75 Å². The summed E-state index contributed by atoms with van der Waals surface area (Å²) in [7, 11) is 1.53. The van der Waals surface area contributed by atoms with Crippen molar-refractivity contribution < 1.29 is 23.1 Å². The summed E-state index contributed by atoms with van der Waals surface area (Å²) in [5, 5.41) is 3.49. The lowest BCUT2D eigenvalue weighted by Crippen LogP contribution is -2.20. The number of hydrogen-bond donors (Lipinski definition) is 2. The molecule has 1 aliphatic rings. The van der Waals surface area contributed by atoms with Crippen LogP contribution in [-0.4, -0.2) is 36.8 Å². The fourth-order valence-electron chi connectivity index (χ4n) is 3.18. The lowest BCUT2D eigenvalue weighted by molar-refractivity contribution is -0.129. The highest BCUT2D eigenvalue weighted by Crippen LogP contribution is 2.36. The Morgan fingerprint density at radius 1 is 1.38 bits per heavy atom. The Kier molecular flexibility index (Phi) is 4.51. The van der Waals surface area contributed by atoms with Crippen LogP contribution in [0.3, 0.4) is 0 Å². The third-order valence-electron chi connectivity index (χ3n) is 4.29. The quantitative estimate of drug-likeness (QED) is 0.852. The number of aryl methyl sites for hydroxylation is 1. The van der Waals surface area contributed by atoms with Gasteiger partial charge in [-0.3, -0.25) is 9.59 Å². The monoisotopic (exact) mass is 336 g/mol. The van der Waals surface area contributed by atoms with Crippen molar-refractivity contribution in [2.24, 2.45) is 0 Å². The highest BCUT2D eigenvalue weighted by atomic mass is 19.3. The largest absolute Gasteiger partial charge is 0.493 e. The van der Waals surface area contributed by atoms with E-state index in [2.05, 4.69) is 10.3 Å². The number of alkyl halides is 2. The van der Waals surface area contributed by atoms with E-state index in [4.69, 9.17) is 4.74 Å². The Morgan fingerprint density at radius 3 is 2.88 bits per heavy atom. The second-order valence-electron chi connectivity index (χ2n) is 5.74. The van der Waals surface area contributed by atoms with Crippen molar-refractivity contribution in [2.45, 2.75) is 32.1 Å². The van der Waals surface area contributed by atoms with Crippen LogP contribution >= 0.6 is 0 Å². The zero-order valence-corrected chi connectivity index (χ0v) is 13.2. The number of rotatable bonds is 6. The number of Topliss-reactive ketones (excluding diaryl/α,β-unsaturated/α-hetero) is 1. The van der Waals surface area contributed by atoms with Gasteiger partial charge in [-0.2, -0.15) is 0 Å². The van der Waals surface area contributed by atoms with Crippen molar-refractivity contribution >= 4 is 22.6 Å². The summed E-state index contributed by atoms with van der Waals surface area (Å²) in [6, 6.07) is 3.71. The molecule has 0 bridgehead atoms. The summed E-state index contributed by atoms with van der Waals surface area (Å²) in [5.41, 5.74) is 3.01. The van der Waals surface area contributed by atoms with E-state index < -0.39 is 12.2 Å². The zero-order chi connectivity index (χ0) is 17.3. The molecule has 2 heterocycles. The van der Waals surface area contributed by atoms with Crippen LogP contribution in [0.1, 0.15) is 34.5 Å². The van der Waals surface area contributed by atoms with Gasteiger partial charge in [0.1, 0.15) is 11.4 Å². The van der Waals surface area contributed by atoms with E-state index in [0.717, 1.165) is 34.2 Å². The van der Waals surface area contributed by atoms with Crippen LogP contribution in [0, 0.1) is 0 Å². The number of H-pyrrole nitrogens is 1. The second-order valence-corrected chi connectivity index (χ2v) is 5.74. The third-order valence-corrected chi connectivity index (χ3v) is 4.29. The van der Waals surface area contributed by atoms with Gasteiger partial charge in [-0.15, -0.1) is 0 Å². The molecule has 0 unspecified atom stereocenters. The van der Waals surface area contributed by atoms with Crippen LogP contribution in [0.15, 0.2) is 12.1 Å². The Morgan fingerprint density at radius 2 is 2.17 bits per heavy atom. The van der Waals surface area contributed by atoms with E-state index in [0.29, 0.717) is 18.7 Å². The van der Waals surface area contributed by atoms with Crippen molar-refractivity contribution in [1.82, 2.24) is 10.3 Å². The molecule has 0 fully saturated rings. The van der Waals surface area contributed by atoms with E-state index >= 15 is 0 Å². The number of carbonyl (C=O) groups is 2. The Labute approximate surface area is 137 Å². The van der Waals surface area contributed by atoms with Crippen molar-refractivity contribution in [3.05, 3.63) is 29.0 Å². The maximum atomic E-state index is 12.4. The fraction of sp³-hybridized carbons (Fsp3) is 0.412. The van der Waals surface area contributed by atoms with Crippen molar-refractivity contribution in [2.75, 3.05) is 13.7 Å². The van der Waals surface area contributed by atoms with E-state index in [1.54, 1.807) is 0 Å². The summed E-state index contributed by atoms with van der Waals surface area (Å²) in [6.45, 7) is 0.582. The fourth-order valence-corrected chi connectivity index (χ4v) is 3.18. The average molecular weight is 336 g/mol. The third kappa shape index (κ3) is 2.86. The number of aromatic nitrogens is 1. The molecule has 24 heavy (non-hydrogen) atoms. The minimum Gasteiger partial charge on any atom is -0.493 e. The molecule has 3 rings (SSSR count). The maximum absolute atomic E-state index is 12.4. The Bertz CT molecular complexity index is 799. The standard InChI is InChI=1S/C17H18F2N2O3/c1-20-17(23)15-10(3-2-4-12(22)16(18)19)14-9-7-8-24-13(9)6-5-11(14)21-15/h5-6,16,21H,2-4,7-8H2,1H3,(H,20,23). The normalized spacial score (nSPS) is 13.2. The van der Waals surface area contributed by atoms with Gasteiger partial charge in [0, 0.05) is 36.4 Å². The van der Waals surface area contributed by atoms with Crippen LogP contribution < -0.4 is 10.1 Å². The van der Waals surface area contributed by atoms with Gasteiger partial charge in [-0.1, -0.05) is 0 Å². The SMILES string of the molecule is CNC(=O)c1[nH]c2ccc3c(c2c1CCCC(=O)C(F)F)CCO3. The number of aromatic amines is 1.